The van der Waals surface area contributed by atoms with E-state index in [9.17, 15) is 24.3 Å². The predicted molar refractivity (Wildman–Crippen MR) is 132 cm³/mol. The zero-order chi connectivity index (χ0) is 25.8. The van der Waals surface area contributed by atoms with Gasteiger partial charge in [0.25, 0.3) is 16.8 Å². The predicted octanol–water partition coefficient (Wildman–Crippen LogP) is 4.21. The van der Waals surface area contributed by atoms with Gasteiger partial charge in [0.05, 0.1) is 17.3 Å². The molecule has 0 saturated heterocycles. The molecule has 2 heterocycles. The number of hydrogen-bond donors (Lipinski definition) is 3. The van der Waals surface area contributed by atoms with Gasteiger partial charge in [-0.1, -0.05) is 32.4 Å². The molecule has 3 N–H and O–H groups in total. The lowest BCUT2D eigenvalue weighted by Crippen LogP contribution is -2.40. The number of aryl methyl sites for hydroxylation is 1. The van der Waals surface area contributed by atoms with Crippen molar-refractivity contribution < 1.29 is 19.1 Å². The highest BCUT2D eigenvalue weighted by Crippen LogP contribution is 2.40. The Kier molecular flexibility index (Phi) is 6.00. The average Bonchev–Trinajstić information content (AvgIpc) is 3.36. The van der Waals surface area contributed by atoms with E-state index in [0.29, 0.717) is 16.3 Å². The molecule has 35 heavy (non-hydrogen) atoms. The summed E-state index contributed by atoms with van der Waals surface area (Å²) in [7, 11) is 0. The van der Waals surface area contributed by atoms with E-state index in [1.165, 1.54) is 17.9 Å². The molecule has 1 aliphatic rings. The molecule has 0 spiro atoms. The maximum absolute atomic E-state index is 13.1. The van der Waals surface area contributed by atoms with Crippen molar-refractivity contribution in [3.8, 4) is 0 Å². The average molecular weight is 500 g/mol. The minimum absolute atomic E-state index is 0.0228. The lowest BCUT2D eigenvalue weighted by molar-refractivity contribution is -0.141. The summed E-state index contributed by atoms with van der Waals surface area (Å²) in [4.78, 5) is 50.8. The van der Waals surface area contributed by atoms with Crippen molar-refractivity contribution in [3.63, 3.8) is 0 Å². The summed E-state index contributed by atoms with van der Waals surface area (Å²) in [5, 5.41) is 15.8. The monoisotopic (exact) mass is 499 g/mol. The first-order chi connectivity index (χ1) is 16.3. The van der Waals surface area contributed by atoms with Gasteiger partial charge in [0.1, 0.15) is 28.9 Å². The van der Waals surface area contributed by atoms with Crippen molar-refractivity contribution in [2.75, 3.05) is 10.6 Å². The summed E-state index contributed by atoms with van der Waals surface area (Å²) in [6.45, 7) is 9.18. The summed E-state index contributed by atoms with van der Waals surface area (Å²) in [5.41, 5.74) is -0.745. The standard InChI is InChI=1S/C25H26ClN3O6/c1-11-6-9-16(35-11)22(25(3,4)5)28-19-18(20(30)21(19)31)27-15-8-7-14(26)13-10-29(12(2)24(33)34)23(32)17(13)15/h6-9,12,22,27-28H,10H2,1-5H3,(H,33,34)/t12-,22+/m1/s1. The number of halogens is 1. The number of carboxylic acid groups (broad SMARTS) is 1. The van der Waals surface area contributed by atoms with Gasteiger partial charge < -0.3 is 25.1 Å². The smallest absolute Gasteiger partial charge is 0.326 e. The van der Waals surface area contributed by atoms with Crippen LogP contribution < -0.4 is 21.5 Å². The highest BCUT2D eigenvalue weighted by Gasteiger charge is 2.38. The minimum atomic E-state index is -1.15. The van der Waals surface area contributed by atoms with E-state index in [1.54, 1.807) is 6.07 Å². The van der Waals surface area contributed by atoms with Crippen molar-refractivity contribution in [2.24, 2.45) is 5.41 Å². The highest BCUT2D eigenvalue weighted by atomic mass is 35.5. The fourth-order valence-electron chi connectivity index (χ4n) is 4.21. The van der Waals surface area contributed by atoms with Gasteiger partial charge in [0, 0.05) is 17.1 Å². The van der Waals surface area contributed by atoms with Crippen LogP contribution in [0.1, 0.15) is 61.2 Å². The van der Waals surface area contributed by atoms with Crippen LogP contribution in [0.15, 0.2) is 38.3 Å². The molecule has 184 valence electrons. The Morgan fingerprint density at radius 3 is 2.34 bits per heavy atom. The number of nitrogens with zero attached hydrogens (tertiary/aromatic N) is 1. The Morgan fingerprint density at radius 1 is 1.11 bits per heavy atom. The lowest BCUT2D eigenvalue weighted by atomic mass is 9.85. The molecule has 10 heteroatoms. The van der Waals surface area contributed by atoms with E-state index in [4.69, 9.17) is 16.0 Å². The third kappa shape index (κ3) is 4.20. The van der Waals surface area contributed by atoms with E-state index in [-0.39, 0.29) is 34.6 Å². The summed E-state index contributed by atoms with van der Waals surface area (Å²) in [6.07, 6.45) is 0. The van der Waals surface area contributed by atoms with Gasteiger partial charge >= 0.3 is 5.97 Å². The minimum Gasteiger partial charge on any atom is -0.480 e. The largest absolute Gasteiger partial charge is 0.480 e. The molecule has 0 aliphatic carbocycles. The quantitative estimate of drug-likeness (QED) is 0.412. The van der Waals surface area contributed by atoms with Crippen LogP contribution in [-0.4, -0.2) is 27.9 Å². The molecule has 0 unspecified atom stereocenters. The second-order valence-corrected chi connectivity index (χ2v) is 10.2. The highest BCUT2D eigenvalue weighted by molar-refractivity contribution is 6.32. The first kappa shape index (κ1) is 24.5. The third-order valence-electron chi connectivity index (χ3n) is 6.25. The molecule has 4 rings (SSSR count). The fraction of sp³-hybridized carbons (Fsp3) is 0.360. The van der Waals surface area contributed by atoms with Gasteiger partial charge in [0.15, 0.2) is 0 Å². The Morgan fingerprint density at radius 2 is 1.77 bits per heavy atom. The Bertz CT molecular complexity index is 1410. The van der Waals surface area contributed by atoms with Crippen molar-refractivity contribution >= 4 is 40.5 Å². The molecule has 1 aromatic heterocycles. The number of carboxylic acids is 1. The first-order valence-electron chi connectivity index (χ1n) is 11.1. The van der Waals surface area contributed by atoms with Gasteiger partial charge in [-0.15, -0.1) is 0 Å². The summed E-state index contributed by atoms with van der Waals surface area (Å²) >= 11 is 6.30. The van der Waals surface area contributed by atoms with Crippen molar-refractivity contribution in [3.05, 3.63) is 72.4 Å². The zero-order valence-corrected chi connectivity index (χ0v) is 20.7. The number of fused-ring (bicyclic) bond motifs is 1. The number of benzene rings is 1. The van der Waals surface area contributed by atoms with Gasteiger partial charge in [-0.2, -0.15) is 0 Å². The Balaban J connectivity index is 1.70. The number of anilines is 3. The van der Waals surface area contributed by atoms with Crippen molar-refractivity contribution in [1.82, 2.24) is 4.90 Å². The SMILES string of the molecule is Cc1ccc([C@H](Nc2c(Nc3ccc(Cl)c4c3C(=O)N([C@H](C)C(=O)O)C4)c(=O)c2=O)C(C)(C)C)o1. The number of nitrogens with one attached hydrogen (secondary N) is 2. The Labute approximate surface area is 206 Å². The molecule has 2 aromatic carbocycles. The number of hydrogen-bond acceptors (Lipinski definition) is 7. The van der Waals surface area contributed by atoms with Gasteiger partial charge in [-0.3, -0.25) is 14.4 Å². The summed E-state index contributed by atoms with van der Waals surface area (Å²) in [5.74, 6) is -0.330. The van der Waals surface area contributed by atoms with Gasteiger partial charge in [0.2, 0.25) is 0 Å². The van der Waals surface area contributed by atoms with Crippen molar-refractivity contribution in [1.29, 1.82) is 0 Å². The molecule has 1 aliphatic heterocycles. The van der Waals surface area contributed by atoms with Gasteiger partial charge in [-0.05, 0) is 43.5 Å². The van der Waals surface area contributed by atoms with E-state index < -0.39 is 34.8 Å². The van der Waals surface area contributed by atoms with Gasteiger partial charge in [-0.25, -0.2) is 4.79 Å². The Hall–Kier alpha value is -3.59. The normalized spacial score (nSPS) is 15.3. The van der Waals surface area contributed by atoms with Crippen LogP contribution in [0.5, 0.6) is 0 Å². The van der Waals surface area contributed by atoms with E-state index in [0.717, 1.165) is 5.76 Å². The van der Waals surface area contributed by atoms with Crippen molar-refractivity contribution in [2.45, 2.75) is 53.2 Å². The molecule has 0 radical (unpaired) electrons. The van der Waals surface area contributed by atoms with Crippen LogP contribution in [0.2, 0.25) is 5.02 Å². The zero-order valence-electron chi connectivity index (χ0n) is 20.0. The van der Waals surface area contributed by atoms with Crippen LogP contribution in [0.3, 0.4) is 0 Å². The van der Waals surface area contributed by atoms with Crippen LogP contribution in [-0.2, 0) is 11.3 Å². The molecule has 0 fully saturated rings. The van der Waals surface area contributed by atoms with Crippen LogP contribution in [0, 0.1) is 12.3 Å². The summed E-state index contributed by atoms with van der Waals surface area (Å²) in [6, 6.07) is 5.26. The summed E-state index contributed by atoms with van der Waals surface area (Å²) < 4.78 is 5.78. The van der Waals surface area contributed by atoms with E-state index in [1.807, 2.05) is 39.8 Å². The van der Waals surface area contributed by atoms with E-state index in [2.05, 4.69) is 10.6 Å². The number of amides is 1. The number of carbonyl (C=O) groups is 2. The molecule has 0 bridgehead atoms. The lowest BCUT2D eigenvalue weighted by Gasteiger charge is -2.31. The number of rotatable bonds is 7. The number of furan rings is 1. The van der Waals surface area contributed by atoms with Crippen LogP contribution in [0.4, 0.5) is 17.1 Å². The number of carbonyl (C=O) groups excluding carboxylic acids is 1. The molecule has 2 atom stereocenters. The molecule has 3 aromatic rings. The maximum atomic E-state index is 13.1. The molecular formula is C25H26ClN3O6. The fourth-order valence-corrected chi connectivity index (χ4v) is 4.43. The third-order valence-corrected chi connectivity index (χ3v) is 6.61. The molecular weight excluding hydrogens is 474 g/mol. The molecule has 9 nitrogen and oxygen atoms in total. The topological polar surface area (TPSA) is 129 Å². The second kappa shape index (κ2) is 8.57. The maximum Gasteiger partial charge on any atom is 0.326 e. The molecule has 0 saturated carbocycles. The second-order valence-electron chi connectivity index (χ2n) is 9.82. The first-order valence-corrected chi connectivity index (χ1v) is 11.5. The molecule has 1 amide bonds. The van der Waals surface area contributed by atoms with Crippen LogP contribution in [0.25, 0.3) is 0 Å². The number of aliphatic carboxylic acids is 1. The van der Waals surface area contributed by atoms with Crippen LogP contribution >= 0.6 is 11.6 Å². The van der Waals surface area contributed by atoms with E-state index >= 15 is 0 Å².